The van der Waals surface area contributed by atoms with E-state index in [-0.39, 0.29) is 0 Å². The maximum atomic E-state index is 8.07. The second-order valence-corrected chi connectivity index (χ2v) is 4.09. The van der Waals surface area contributed by atoms with Gasteiger partial charge in [0, 0.05) is 23.1 Å². The van der Waals surface area contributed by atoms with E-state index in [1.807, 2.05) is 47.0 Å². The lowest BCUT2D eigenvalue weighted by Gasteiger charge is -2.01. The molecule has 0 atom stereocenters. The molecule has 1 aromatic heterocycles. The van der Waals surface area contributed by atoms with Crippen LogP contribution >= 0.6 is 0 Å². The van der Waals surface area contributed by atoms with Gasteiger partial charge in [0.05, 0.1) is 0 Å². The lowest BCUT2D eigenvalue weighted by atomic mass is 10.2. The van der Waals surface area contributed by atoms with Crippen molar-refractivity contribution in [1.29, 1.82) is 0 Å². The van der Waals surface area contributed by atoms with Gasteiger partial charge in [0.25, 0.3) is 0 Å². The van der Waals surface area contributed by atoms with Crippen LogP contribution in [0.5, 0.6) is 0 Å². The lowest BCUT2D eigenvalue weighted by molar-refractivity contribution is -0.662. The molecule has 1 heterocycles. The van der Waals surface area contributed by atoms with Crippen molar-refractivity contribution in [2.75, 3.05) is 0 Å². The van der Waals surface area contributed by atoms with E-state index in [0.29, 0.717) is 6.17 Å². The molecule has 3 rings (SSSR count). The molecule has 82 valence electrons. The molecule has 0 spiro atoms. The minimum atomic E-state index is 0.539. The fraction of sp³-hybridized carbons (Fsp3) is 0.0625. The summed E-state index contributed by atoms with van der Waals surface area (Å²) in [5.41, 5.74) is 2.32. The standard InChI is InChI=1S/C16H14N/c1-2-7-14(8-3-1)13-17-12-6-10-15-9-4-5-11-16(15)17/h1-12H,13H2/q+1/i12D. The van der Waals surface area contributed by atoms with Gasteiger partial charge in [-0.25, -0.2) is 0 Å². The smallest absolute Gasteiger partial charge is 0.194 e. The summed E-state index contributed by atoms with van der Waals surface area (Å²) in [6, 6.07) is 22.3. The quantitative estimate of drug-likeness (QED) is 0.585. The molecule has 1 nitrogen and oxygen atoms in total. The normalized spacial score (nSPS) is 11.4. The Morgan fingerprint density at radius 2 is 1.53 bits per heavy atom. The van der Waals surface area contributed by atoms with E-state index in [0.717, 1.165) is 12.1 Å². The Kier molecular flexibility index (Phi) is 2.30. The number of hydrogen-bond donors (Lipinski definition) is 0. The zero-order valence-electron chi connectivity index (χ0n) is 10.5. The van der Waals surface area contributed by atoms with Crippen molar-refractivity contribution in [2.24, 2.45) is 0 Å². The van der Waals surface area contributed by atoms with E-state index in [4.69, 9.17) is 1.37 Å². The highest BCUT2D eigenvalue weighted by atomic mass is 14.9. The Hall–Kier alpha value is -2.15. The Balaban J connectivity index is 2.13. The number of fused-ring (bicyclic) bond motifs is 1. The number of nitrogens with zero attached hydrogens (tertiary/aromatic N) is 1. The second kappa shape index (κ2) is 4.38. The summed E-state index contributed by atoms with van der Waals surface area (Å²) in [5.74, 6) is 0. The highest BCUT2D eigenvalue weighted by Gasteiger charge is 2.07. The zero-order valence-corrected chi connectivity index (χ0v) is 9.51. The fourth-order valence-corrected chi connectivity index (χ4v) is 2.06. The van der Waals surface area contributed by atoms with Crippen LogP contribution in [0.25, 0.3) is 10.9 Å². The molecule has 0 unspecified atom stereocenters. The van der Waals surface area contributed by atoms with E-state index >= 15 is 0 Å². The molecule has 0 saturated carbocycles. The summed E-state index contributed by atoms with van der Waals surface area (Å²) >= 11 is 0. The van der Waals surface area contributed by atoms with Gasteiger partial charge < -0.3 is 0 Å². The predicted molar refractivity (Wildman–Crippen MR) is 69.7 cm³/mol. The minimum Gasteiger partial charge on any atom is -0.194 e. The van der Waals surface area contributed by atoms with E-state index in [9.17, 15) is 0 Å². The number of rotatable bonds is 2. The summed E-state index contributed by atoms with van der Waals surface area (Å²) in [5, 5.41) is 1.17. The molecule has 0 bridgehead atoms. The molecule has 0 radical (unpaired) electrons. The third-order valence-corrected chi connectivity index (χ3v) is 2.90. The monoisotopic (exact) mass is 221 g/mol. The molecule has 0 fully saturated rings. The van der Waals surface area contributed by atoms with Crippen LogP contribution in [0, 0.1) is 0 Å². The first-order chi connectivity index (χ1) is 8.84. The summed E-state index contributed by atoms with van der Waals surface area (Å²) < 4.78 is 10.1. The summed E-state index contributed by atoms with van der Waals surface area (Å²) in [6.07, 6.45) is 0.539. The van der Waals surface area contributed by atoms with Crippen molar-refractivity contribution in [3.8, 4) is 0 Å². The van der Waals surface area contributed by atoms with Crippen LogP contribution in [0.3, 0.4) is 0 Å². The first kappa shape index (κ1) is 8.94. The van der Waals surface area contributed by atoms with Crippen LogP contribution in [0.15, 0.2) is 72.9 Å². The zero-order chi connectivity index (χ0) is 12.4. The molecule has 1 heteroatoms. The van der Waals surface area contributed by atoms with E-state index < -0.39 is 0 Å². The van der Waals surface area contributed by atoms with Crippen LogP contribution in [0.1, 0.15) is 6.93 Å². The number of aromatic nitrogens is 1. The van der Waals surface area contributed by atoms with Crippen LogP contribution in [0.2, 0.25) is 0 Å². The minimum absolute atomic E-state index is 0.539. The van der Waals surface area contributed by atoms with Crippen molar-refractivity contribution >= 4 is 10.9 Å². The second-order valence-electron chi connectivity index (χ2n) is 4.09. The van der Waals surface area contributed by atoms with Crippen LogP contribution < -0.4 is 4.57 Å². The molecular formula is C16H14N+. The number of hydrogen-bond acceptors (Lipinski definition) is 0. The molecule has 3 aromatic rings. The third kappa shape index (κ3) is 2.04. The van der Waals surface area contributed by atoms with Gasteiger partial charge in [0.1, 0.15) is 1.37 Å². The molecule has 0 aliphatic heterocycles. The molecule has 0 N–H and O–H groups in total. The Bertz CT molecular complexity index is 677. The maximum Gasteiger partial charge on any atom is 0.212 e. The van der Waals surface area contributed by atoms with Crippen LogP contribution in [0.4, 0.5) is 0 Å². The highest BCUT2D eigenvalue weighted by Crippen LogP contribution is 2.08. The molecule has 0 aliphatic carbocycles. The summed E-state index contributed by atoms with van der Waals surface area (Å²) in [7, 11) is 0. The average molecular weight is 221 g/mol. The maximum absolute atomic E-state index is 8.07. The van der Waals surface area contributed by atoms with Crippen molar-refractivity contribution in [2.45, 2.75) is 6.54 Å². The summed E-state index contributed by atoms with van der Waals surface area (Å²) in [4.78, 5) is 0. The van der Waals surface area contributed by atoms with Gasteiger partial charge >= 0.3 is 0 Å². The molecule has 2 aromatic carbocycles. The largest absolute Gasteiger partial charge is 0.212 e. The Labute approximate surface area is 102 Å². The van der Waals surface area contributed by atoms with E-state index in [1.54, 1.807) is 0 Å². The van der Waals surface area contributed by atoms with Gasteiger partial charge in [-0.3, -0.25) is 0 Å². The number of para-hydroxylation sites is 1. The van der Waals surface area contributed by atoms with Crippen molar-refractivity contribution in [1.82, 2.24) is 0 Å². The van der Waals surface area contributed by atoms with E-state index in [2.05, 4.69) is 24.3 Å². The molecule has 0 saturated heterocycles. The average Bonchev–Trinajstić information content (AvgIpc) is 2.43. The van der Waals surface area contributed by atoms with Gasteiger partial charge in [-0.15, -0.1) is 0 Å². The van der Waals surface area contributed by atoms with Gasteiger partial charge in [-0.1, -0.05) is 42.5 Å². The molecule has 0 aliphatic rings. The van der Waals surface area contributed by atoms with Gasteiger partial charge in [-0.2, -0.15) is 4.57 Å². The first-order valence-corrected chi connectivity index (χ1v) is 5.77. The SMILES string of the molecule is [2H]c1ccc2ccccc2[n+]1Cc1ccccc1. The lowest BCUT2D eigenvalue weighted by Crippen LogP contribution is -2.34. The fourth-order valence-electron chi connectivity index (χ4n) is 2.06. The molecule has 0 amide bonds. The first-order valence-electron chi connectivity index (χ1n) is 6.27. The van der Waals surface area contributed by atoms with Gasteiger partial charge in [-0.05, 0) is 12.1 Å². The summed E-state index contributed by atoms with van der Waals surface area (Å²) in [6.45, 7) is 0.737. The Morgan fingerprint density at radius 1 is 0.824 bits per heavy atom. The molecule has 17 heavy (non-hydrogen) atoms. The van der Waals surface area contributed by atoms with Crippen molar-refractivity contribution in [3.63, 3.8) is 0 Å². The third-order valence-electron chi connectivity index (χ3n) is 2.90. The number of pyridine rings is 1. The van der Waals surface area contributed by atoms with E-state index in [1.165, 1.54) is 10.9 Å². The number of benzene rings is 2. The van der Waals surface area contributed by atoms with Gasteiger partial charge in [0.15, 0.2) is 12.7 Å². The van der Waals surface area contributed by atoms with Crippen LogP contribution in [-0.4, -0.2) is 0 Å². The molecular weight excluding hydrogens is 206 g/mol. The van der Waals surface area contributed by atoms with Crippen LogP contribution in [-0.2, 0) is 6.54 Å². The topological polar surface area (TPSA) is 3.88 Å². The predicted octanol–water partition coefficient (Wildman–Crippen LogP) is 3.18. The van der Waals surface area contributed by atoms with Gasteiger partial charge in [0.2, 0.25) is 5.52 Å². The van der Waals surface area contributed by atoms with Crippen molar-refractivity contribution in [3.05, 3.63) is 78.5 Å². The van der Waals surface area contributed by atoms with Crippen molar-refractivity contribution < 1.29 is 5.94 Å². The Morgan fingerprint density at radius 3 is 2.41 bits per heavy atom. The highest BCUT2D eigenvalue weighted by molar-refractivity contribution is 5.74.